The van der Waals surface area contributed by atoms with Crippen LogP contribution in [0.2, 0.25) is 0 Å². The summed E-state index contributed by atoms with van der Waals surface area (Å²) in [6, 6.07) is 19.2. The number of benzene rings is 2. The van der Waals surface area contributed by atoms with Crippen LogP contribution in [0.4, 0.5) is 4.39 Å². The van der Waals surface area contributed by atoms with Gasteiger partial charge in [0.05, 0.1) is 11.5 Å². The Balaban J connectivity index is 1.40. The number of rotatable bonds is 10. The Kier molecular flexibility index (Phi) is 8.45. The van der Waals surface area contributed by atoms with Crippen LogP contribution >= 0.6 is 0 Å². The molecule has 166 valence electrons. The van der Waals surface area contributed by atoms with Crippen molar-refractivity contribution in [3.63, 3.8) is 0 Å². The predicted molar refractivity (Wildman–Crippen MR) is 123 cm³/mol. The van der Waals surface area contributed by atoms with E-state index >= 15 is 0 Å². The van der Waals surface area contributed by atoms with E-state index in [1.807, 2.05) is 18.2 Å². The molecule has 0 bridgehead atoms. The van der Waals surface area contributed by atoms with E-state index in [-0.39, 0.29) is 11.7 Å². The Hall–Kier alpha value is -2.42. The van der Waals surface area contributed by atoms with Crippen molar-refractivity contribution in [3.05, 3.63) is 66.0 Å². The van der Waals surface area contributed by atoms with Crippen molar-refractivity contribution < 1.29 is 9.13 Å². The largest absolute Gasteiger partial charge is 0.492 e. The minimum Gasteiger partial charge on any atom is -0.492 e. The highest BCUT2D eigenvalue weighted by Crippen LogP contribution is 2.36. The summed E-state index contributed by atoms with van der Waals surface area (Å²) in [6.07, 6.45) is 1.90. The average Bonchev–Trinajstić information content (AvgIpc) is 2.78. The molecule has 0 aliphatic carbocycles. The maximum atomic E-state index is 13.2. The fraction of sp³-hybridized carbons (Fsp3) is 0.500. The van der Waals surface area contributed by atoms with Gasteiger partial charge in [-0.1, -0.05) is 50.2 Å². The van der Waals surface area contributed by atoms with Crippen LogP contribution in [0.15, 0.2) is 54.6 Å². The monoisotopic (exact) mass is 423 g/mol. The zero-order chi connectivity index (χ0) is 22.1. The van der Waals surface area contributed by atoms with E-state index in [9.17, 15) is 9.65 Å². The zero-order valence-corrected chi connectivity index (χ0v) is 18.8. The Labute approximate surface area is 186 Å². The number of hydrogen-bond donors (Lipinski definition) is 0. The fourth-order valence-electron chi connectivity index (χ4n) is 4.42. The van der Waals surface area contributed by atoms with Gasteiger partial charge in [-0.15, -0.1) is 0 Å². The lowest BCUT2D eigenvalue weighted by molar-refractivity contribution is 0.114. The van der Waals surface area contributed by atoms with Crippen LogP contribution < -0.4 is 4.74 Å². The topological polar surface area (TPSA) is 39.5 Å². The van der Waals surface area contributed by atoms with Crippen LogP contribution in [0, 0.1) is 23.1 Å². The molecule has 2 aromatic rings. The maximum absolute atomic E-state index is 13.2. The second kappa shape index (κ2) is 11.3. The summed E-state index contributed by atoms with van der Waals surface area (Å²) in [6.45, 7) is 10.8. The number of ether oxygens (including phenoxy) is 1. The van der Waals surface area contributed by atoms with Crippen molar-refractivity contribution in [2.45, 2.75) is 32.1 Å². The summed E-state index contributed by atoms with van der Waals surface area (Å²) in [5.41, 5.74) is 0.716. The third-order valence-corrected chi connectivity index (χ3v) is 6.46. The normalized spacial score (nSPS) is 17.3. The van der Waals surface area contributed by atoms with Crippen molar-refractivity contribution >= 4 is 0 Å². The molecule has 1 aliphatic heterocycles. The van der Waals surface area contributed by atoms with Gasteiger partial charge in [0.25, 0.3) is 0 Å². The lowest BCUT2D eigenvalue weighted by Gasteiger charge is -2.36. The fourth-order valence-corrected chi connectivity index (χ4v) is 4.42. The van der Waals surface area contributed by atoms with E-state index in [4.69, 9.17) is 4.74 Å². The smallest absolute Gasteiger partial charge is 0.126 e. The molecule has 0 amide bonds. The molecular weight excluding hydrogens is 389 g/mol. The Morgan fingerprint density at radius 2 is 1.68 bits per heavy atom. The molecule has 0 N–H and O–H groups in total. The van der Waals surface area contributed by atoms with E-state index in [0.29, 0.717) is 12.4 Å². The number of nitrogens with zero attached hydrogens (tertiary/aromatic N) is 3. The molecule has 0 radical (unpaired) electrons. The van der Waals surface area contributed by atoms with Gasteiger partial charge in [0.1, 0.15) is 18.2 Å². The van der Waals surface area contributed by atoms with Crippen molar-refractivity contribution in [2.24, 2.45) is 5.92 Å². The Bertz CT molecular complexity index is 843. The third kappa shape index (κ3) is 6.29. The van der Waals surface area contributed by atoms with Crippen molar-refractivity contribution in [3.8, 4) is 11.8 Å². The number of halogens is 1. The molecule has 1 fully saturated rings. The maximum Gasteiger partial charge on any atom is 0.126 e. The van der Waals surface area contributed by atoms with Gasteiger partial charge >= 0.3 is 0 Å². The predicted octanol–water partition coefficient (Wildman–Crippen LogP) is 4.72. The van der Waals surface area contributed by atoms with E-state index in [0.717, 1.165) is 57.7 Å². The standard InChI is InChI=1S/C26H34FN3O/c1-22(2)26(21-28,23-8-4-3-5-9-23)12-7-13-29-14-16-30(17-15-29)18-19-31-25-11-6-10-24(27)20-25/h3-6,8-11,20,22H,7,12-19H2,1-2H3. The molecule has 0 saturated carbocycles. The molecule has 1 heterocycles. The summed E-state index contributed by atoms with van der Waals surface area (Å²) in [4.78, 5) is 4.89. The molecular formula is C26H34FN3O. The molecule has 2 aromatic carbocycles. The number of piperazine rings is 1. The third-order valence-electron chi connectivity index (χ3n) is 6.46. The van der Waals surface area contributed by atoms with Gasteiger partial charge in [0, 0.05) is 38.8 Å². The molecule has 5 heteroatoms. The second-order valence-electron chi connectivity index (χ2n) is 8.70. The van der Waals surface area contributed by atoms with Crippen LogP contribution in [0.5, 0.6) is 5.75 Å². The SMILES string of the molecule is CC(C)C(C#N)(CCCN1CCN(CCOc2cccc(F)c2)CC1)c1ccccc1. The average molecular weight is 424 g/mol. The van der Waals surface area contributed by atoms with Gasteiger partial charge in [-0.25, -0.2) is 4.39 Å². The van der Waals surface area contributed by atoms with Crippen molar-refractivity contribution in [1.29, 1.82) is 5.26 Å². The quantitative estimate of drug-likeness (QED) is 0.554. The van der Waals surface area contributed by atoms with Gasteiger partial charge in [0.15, 0.2) is 0 Å². The summed E-state index contributed by atoms with van der Waals surface area (Å²) in [7, 11) is 0. The molecule has 1 unspecified atom stereocenters. The van der Waals surface area contributed by atoms with E-state index in [1.54, 1.807) is 12.1 Å². The van der Waals surface area contributed by atoms with Crippen molar-refractivity contribution in [2.75, 3.05) is 45.9 Å². The summed E-state index contributed by atoms with van der Waals surface area (Å²) >= 11 is 0. The van der Waals surface area contributed by atoms with Gasteiger partial charge < -0.3 is 9.64 Å². The second-order valence-corrected chi connectivity index (χ2v) is 8.70. The lowest BCUT2D eigenvalue weighted by atomic mass is 9.70. The highest BCUT2D eigenvalue weighted by Gasteiger charge is 2.35. The summed E-state index contributed by atoms with van der Waals surface area (Å²) in [5.74, 6) is 0.592. The molecule has 31 heavy (non-hydrogen) atoms. The van der Waals surface area contributed by atoms with Crippen LogP contribution in [0.1, 0.15) is 32.3 Å². The van der Waals surface area contributed by atoms with Crippen LogP contribution in [-0.4, -0.2) is 55.7 Å². The Morgan fingerprint density at radius 1 is 1.00 bits per heavy atom. The molecule has 4 nitrogen and oxygen atoms in total. The van der Waals surface area contributed by atoms with Crippen LogP contribution in [0.25, 0.3) is 0 Å². The van der Waals surface area contributed by atoms with Gasteiger partial charge in [-0.2, -0.15) is 5.26 Å². The minimum atomic E-state index is -0.419. The van der Waals surface area contributed by atoms with E-state index in [2.05, 4.69) is 41.8 Å². The first-order valence-electron chi connectivity index (χ1n) is 11.3. The minimum absolute atomic E-state index is 0.267. The summed E-state index contributed by atoms with van der Waals surface area (Å²) in [5, 5.41) is 10.0. The highest BCUT2D eigenvalue weighted by atomic mass is 19.1. The zero-order valence-electron chi connectivity index (χ0n) is 18.8. The van der Waals surface area contributed by atoms with E-state index < -0.39 is 5.41 Å². The first-order chi connectivity index (χ1) is 15.0. The van der Waals surface area contributed by atoms with E-state index in [1.165, 1.54) is 12.1 Å². The Morgan fingerprint density at radius 3 is 2.29 bits per heavy atom. The first kappa shape index (κ1) is 23.2. The number of nitriles is 1. The number of hydrogen-bond acceptors (Lipinski definition) is 4. The van der Waals surface area contributed by atoms with Gasteiger partial charge in [0.2, 0.25) is 0 Å². The molecule has 3 rings (SSSR count). The first-order valence-corrected chi connectivity index (χ1v) is 11.3. The summed E-state index contributed by atoms with van der Waals surface area (Å²) < 4.78 is 18.9. The highest BCUT2D eigenvalue weighted by molar-refractivity contribution is 5.33. The molecule has 0 spiro atoms. The molecule has 1 atom stereocenters. The van der Waals surface area contributed by atoms with Crippen LogP contribution in [-0.2, 0) is 5.41 Å². The van der Waals surface area contributed by atoms with Gasteiger partial charge in [-0.3, -0.25) is 4.90 Å². The molecule has 0 aromatic heterocycles. The molecule has 1 aliphatic rings. The lowest BCUT2D eigenvalue weighted by Crippen LogP contribution is -2.47. The van der Waals surface area contributed by atoms with Crippen molar-refractivity contribution in [1.82, 2.24) is 9.80 Å². The van der Waals surface area contributed by atoms with Gasteiger partial charge in [-0.05, 0) is 43.0 Å². The molecule has 1 saturated heterocycles. The van der Waals surface area contributed by atoms with Crippen LogP contribution in [0.3, 0.4) is 0 Å².